The van der Waals surface area contributed by atoms with E-state index in [1.54, 1.807) is 7.11 Å². The number of benzene rings is 1. The Bertz CT molecular complexity index is 413. The molecular weight excluding hydrogens is 236 g/mol. The van der Waals surface area contributed by atoms with Crippen molar-refractivity contribution in [2.75, 3.05) is 21.2 Å². The summed E-state index contributed by atoms with van der Waals surface area (Å²) in [5.41, 5.74) is 9.65. The molecule has 1 rings (SSSR count). The molecule has 0 aromatic heterocycles. The lowest BCUT2D eigenvalue weighted by molar-refractivity contribution is 0.266. The predicted octanol–water partition coefficient (Wildman–Crippen LogP) is 3.04. The van der Waals surface area contributed by atoms with Crippen molar-refractivity contribution >= 4 is 0 Å². The molecule has 0 heterocycles. The number of rotatable bonds is 6. The Labute approximate surface area is 117 Å². The summed E-state index contributed by atoms with van der Waals surface area (Å²) < 4.78 is 5.61. The highest BCUT2D eigenvalue weighted by Crippen LogP contribution is 2.35. The summed E-state index contributed by atoms with van der Waals surface area (Å²) in [6.45, 7) is 6.30. The minimum absolute atomic E-state index is 0.236. The minimum atomic E-state index is 0.236. The highest BCUT2D eigenvalue weighted by molar-refractivity contribution is 5.45. The Morgan fingerprint density at radius 2 is 1.84 bits per heavy atom. The Hall–Kier alpha value is -1.06. The van der Waals surface area contributed by atoms with Gasteiger partial charge in [-0.25, -0.2) is 0 Å². The summed E-state index contributed by atoms with van der Waals surface area (Å²) in [5.74, 6) is 1.01. The van der Waals surface area contributed by atoms with Crippen LogP contribution in [0, 0.1) is 13.8 Å². The SMILES string of the molecule is COc1c(C)cc(C)cc1C(CCC(C)N)N(C)C. The van der Waals surface area contributed by atoms with Gasteiger partial charge in [0.25, 0.3) is 0 Å². The smallest absolute Gasteiger partial charge is 0.126 e. The van der Waals surface area contributed by atoms with E-state index in [0.29, 0.717) is 6.04 Å². The molecule has 3 nitrogen and oxygen atoms in total. The summed E-state index contributed by atoms with van der Waals surface area (Å²) in [6.07, 6.45) is 2.06. The second kappa shape index (κ2) is 6.92. The van der Waals surface area contributed by atoms with E-state index < -0.39 is 0 Å². The van der Waals surface area contributed by atoms with Gasteiger partial charge in [0.15, 0.2) is 0 Å². The van der Waals surface area contributed by atoms with E-state index in [9.17, 15) is 0 Å². The minimum Gasteiger partial charge on any atom is -0.496 e. The van der Waals surface area contributed by atoms with Crippen LogP contribution in [0.4, 0.5) is 0 Å². The van der Waals surface area contributed by atoms with Gasteiger partial charge in [0.05, 0.1) is 7.11 Å². The molecule has 19 heavy (non-hydrogen) atoms. The van der Waals surface area contributed by atoms with Crippen LogP contribution in [0.25, 0.3) is 0 Å². The Kier molecular flexibility index (Phi) is 5.83. The number of hydrogen-bond donors (Lipinski definition) is 1. The number of nitrogens with two attached hydrogens (primary N) is 1. The standard InChI is InChI=1S/C16H28N2O/c1-11-9-12(2)16(19-6)14(10-11)15(18(4)5)8-7-13(3)17/h9-10,13,15H,7-8,17H2,1-6H3. The second-order valence-corrected chi connectivity index (χ2v) is 5.74. The first-order chi connectivity index (χ1) is 8.86. The molecule has 0 saturated carbocycles. The van der Waals surface area contributed by atoms with Gasteiger partial charge in [-0.1, -0.05) is 17.7 Å². The largest absolute Gasteiger partial charge is 0.496 e. The van der Waals surface area contributed by atoms with Crippen molar-refractivity contribution in [3.63, 3.8) is 0 Å². The van der Waals surface area contributed by atoms with Crippen LogP contribution >= 0.6 is 0 Å². The molecule has 2 unspecified atom stereocenters. The third-order valence-corrected chi connectivity index (χ3v) is 3.53. The van der Waals surface area contributed by atoms with Gasteiger partial charge < -0.3 is 15.4 Å². The Balaban J connectivity index is 3.14. The van der Waals surface area contributed by atoms with E-state index in [-0.39, 0.29) is 6.04 Å². The van der Waals surface area contributed by atoms with E-state index >= 15 is 0 Å². The van der Waals surface area contributed by atoms with Crippen molar-refractivity contribution in [3.8, 4) is 5.75 Å². The molecule has 0 amide bonds. The van der Waals surface area contributed by atoms with Gasteiger partial charge in [0.1, 0.15) is 5.75 Å². The third-order valence-electron chi connectivity index (χ3n) is 3.53. The lowest BCUT2D eigenvalue weighted by Gasteiger charge is -2.28. The van der Waals surface area contributed by atoms with Crippen molar-refractivity contribution < 1.29 is 4.74 Å². The van der Waals surface area contributed by atoms with Crippen LogP contribution in [0.3, 0.4) is 0 Å². The zero-order chi connectivity index (χ0) is 14.6. The van der Waals surface area contributed by atoms with Crippen LogP contribution < -0.4 is 10.5 Å². The Morgan fingerprint density at radius 3 is 2.32 bits per heavy atom. The van der Waals surface area contributed by atoms with Crippen molar-refractivity contribution in [1.29, 1.82) is 0 Å². The van der Waals surface area contributed by atoms with Crippen LogP contribution in [0.2, 0.25) is 0 Å². The number of hydrogen-bond acceptors (Lipinski definition) is 3. The van der Waals surface area contributed by atoms with Gasteiger partial charge in [-0.2, -0.15) is 0 Å². The molecule has 2 atom stereocenters. The number of aryl methyl sites for hydroxylation is 2. The second-order valence-electron chi connectivity index (χ2n) is 5.74. The predicted molar refractivity (Wildman–Crippen MR) is 81.8 cm³/mol. The van der Waals surface area contributed by atoms with Gasteiger partial charge in [-0.05, 0) is 53.3 Å². The topological polar surface area (TPSA) is 38.5 Å². The fourth-order valence-electron chi connectivity index (χ4n) is 2.63. The summed E-state index contributed by atoms with van der Waals surface area (Å²) in [4.78, 5) is 2.25. The molecule has 3 heteroatoms. The average Bonchev–Trinajstić information content (AvgIpc) is 2.27. The van der Waals surface area contributed by atoms with Gasteiger partial charge in [0.2, 0.25) is 0 Å². The van der Waals surface area contributed by atoms with Crippen molar-refractivity contribution in [2.24, 2.45) is 5.73 Å². The normalized spacial score (nSPS) is 14.5. The maximum absolute atomic E-state index is 5.90. The molecule has 0 saturated heterocycles. The van der Waals surface area contributed by atoms with Crippen LogP contribution in [0.15, 0.2) is 12.1 Å². The summed E-state index contributed by atoms with van der Waals surface area (Å²) in [5, 5.41) is 0. The van der Waals surface area contributed by atoms with E-state index in [1.165, 1.54) is 16.7 Å². The summed E-state index contributed by atoms with van der Waals surface area (Å²) in [6, 6.07) is 4.98. The molecule has 1 aromatic carbocycles. The zero-order valence-electron chi connectivity index (χ0n) is 13.2. The summed E-state index contributed by atoms with van der Waals surface area (Å²) in [7, 11) is 5.98. The maximum Gasteiger partial charge on any atom is 0.126 e. The van der Waals surface area contributed by atoms with E-state index in [4.69, 9.17) is 10.5 Å². The molecule has 108 valence electrons. The van der Waals surface area contributed by atoms with Crippen molar-refractivity contribution in [1.82, 2.24) is 4.90 Å². The quantitative estimate of drug-likeness (QED) is 0.858. The van der Waals surface area contributed by atoms with Gasteiger partial charge in [-0.3, -0.25) is 0 Å². The molecule has 0 radical (unpaired) electrons. The fourth-order valence-corrected chi connectivity index (χ4v) is 2.63. The molecule has 0 aliphatic carbocycles. The monoisotopic (exact) mass is 264 g/mol. The molecule has 0 aliphatic rings. The zero-order valence-corrected chi connectivity index (χ0v) is 13.2. The van der Waals surface area contributed by atoms with E-state index in [0.717, 1.165) is 18.6 Å². The molecule has 0 fully saturated rings. The van der Waals surface area contributed by atoms with Crippen LogP contribution in [-0.2, 0) is 0 Å². The first-order valence-corrected chi connectivity index (χ1v) is 6.94. The number of nitrogens with zero attached hydrogens (tertiary/aromatic N) is 1. The van der Waals surface area contributed by atoms with Crippen LogP contribution in [-0.4, -0.2) is 32.1 Å². The highest BCUT2D eigenvalue weighted by Gasteiger charge is 2.20. The first-order valence-electron chi connectivity index (χ1n) is 6.94. The van der Waals surface area contributed by atoms with E-state index in [1.807, 2.05) is 0 Å². The van der Waals surface area contributed by atoms with E-state index in [2.05, 4.69) is 51.9 Å². The summed E-state index contributed by atoms with van der Waals surface area (Å²) >= 11 is 0. The molecule has 0 bridgehead atoms. The maximum atomic E-state index is 5.90. The molecule has 0 spiro atoms. The molecule has 0 aliphatic heterocycles. The Morgan fingerprint density at radius 1 is 1.21 bits per heavy atom. The van der Waals surface area contributed by atoms with Gasteiger partial charge in [-0.15, -0.1) is 0 Å². The van der Waals surface area contributed by atoms with Crippen LogP contribution in [0.5, 0.6) is 5.75 Å². The highest BCUT2D eigenvalue weighted by atomic mass is 16.5. The number of methoxy groups -OCH3 is 1. The lowest BCUT2D eigenvalue weighted by Crippen LogP contribution is -2.24. The van der Waals surface area contributed by atoms with Crippen molar-refractivity contribution in [3.05, 3.63) is 28.8 Å². The average molecular weight is 264 g/mol. The third kappa shape index (κ3) is 4.22. The molecule has 2 N–H and O–H groups in total. The van der Waals surface area contributed by atoms with Gasteiger partial charge in [0, 0.05) is 17.6 Å². The number of ether oxygens (including phenoxy) is 1. The fraction of sp³-hybridized carbons (Fsp3) is 0.625. The first kappa shape index (κ1) is 16.0. The van der Waals surface area contributed by atoms with Gasteiger partial charge >= 0.3 is 0 Å². The van der Waals surface area contributed by atoms with Crippen LogP contribution in [0.1, 0.15) is 42.5 Å². The molecular formula is C16H28N2O. The lowest BCUT2D eigenvalue weighted by atomic mass is 9.94. The van der Waals surface area contributed by atoms with Crippen molar-refractivity contribution in [2.45, 2.75) is 45.7 Å². The molecule has 1 aromatic rings.